The lowest BCUT2D eigenvalue weighted by molar-refractivity contribution is 0.0769. The number of halogens is 1. The Kier molecular flexibility index (Phi) is 4.10. The van der Waals surface area contributed by atoms with Crippen molar-refractivity contribution in [1.29, 1.82) is 0 Å². The molecule has 3 heteroatoms. The normalized spacial score (nSPS) is 18.1. The maximum Gasteiger partial charge on any atom is 0.255 e. The van der Waals surface area contributed by atoms with Crippen molar-refractivity contribution in [2.45, 2.75) is 33.1 Å². The molecule has 0 N–H and O–H groups in total. The highest BCUT2D eigenvalue weighted by Crippen LogP contribution is 2.37. The van der Waals surface area contributed by atoms with E-state index >= 15 is 0 Å². The lowest BCUT2D eigenvalue weighted by atomic mass is 9.82. The van der Waals surface area contributed by atoms with Crippen LogP contribution in [0.2, 0.25) is 0 Å². The van der Waals surface area contributed by atoms with E-state index in [9.17, 15) is 4.79 Å². The van der Waals surface area contributed by atoms with E-state index in [4.69, 9.17) is 0 Å². The van der Waals surface area contributed by atoms with Gasteiger partial charge in [0.15, 0.2) is 0 Å². The van der Waals surface area contributed by atoms with E-state index in [2.05, 4.69) is 29.8 Å². The van der Waals surface area contributed by atoms with Crippen LogP contribution >= 0.6 is 15.9 Å². The molecule has 2 nitrogen and oxygen atoms in total. The van der Waals surface area contributed by atoms with Crippen LogP contribution in [0.3, 0.4) is 0 Å². The molecule has 1 aromatic carbocycles. The zero-order valence-electron chi connectivity index (χ0n) is 11.1. The molecule has 18 heavy (non-hydrogen) atoms. The van der Waals surface area contributed by atoms with Gasteiger partial charge in [0.25, 0.3) is 5.91 Å². The summed E-state index contributed by atoms with van der Waals surface area (Å²) in [5.41, 5.74) is 1.12. The Hall–Kier alpha value is -0.830. The number of carbonyl (C=O) groups excluding carboxylic acids is 1. The van der Waals surface area contributed by atoms with Gasteiger partial charge in [0.1, 0.15) is 0 Å². The number of likely N-dealkylation sites (tertiary alicyclic amines) is 1. The number of hydrogen-bond donors (Lipinski definition) is 0. The number of nitrogens with zero attached hydrogens (tertiary/aromatic N) is 1. The van der Waals surface area contributed by atoms with E-state index in [1.165, 1.54) is 0 Å². The minimum atomic E-state index is 0.159. The van der Waals surface area contributed by atoms with Crippen LogP contribution in [0.1, 0.15) is 43.5 Å². The van der Waals surface area contributed by atoms with Gasteiger partial charge in [-0.15, -0.1) is 0 Å². The van der Waals surface area contributed by atoms with Crippen LogP contribution in [0.5, 0.6) is 0 Å². The van der Waals surface area contributed by atoms with Gasteiger partial charge >= 0.3 is 0 Å². The first-order chi connectivity index (χ1) is 8.62. The standard InChI is InChI=1S/C15H20BrNO/c1-3-15(4-2)9-10-17(11-15)14(18)12-7-5-6-8-13(12)16/h5-8H,3-4,9-11H2,1-2H3. The second-order valence-corrected chi connectivity index (χ2v) is 6.02. The predicted molar refractivity (Wildman–Crippen MR) is 77.7 cm³/mol. The molecule has 1 aliphatic rings. The quantitative estimate of drug-likeness (QED) is 0.823. The van der Waals surface area contributed by atoms with Gasteiger partial charge < -0.3 is 4.90 Å². The van der Waals surface area contributed by atoms with Gasteiger partial charge in [-0.2, -0.15) is 0 Å². The van der Waals surface area contributed by atoms with E-state index in [0.717, 1.165) is 42.4 Å². The minimum Gasteiger partial charge on any atom is -0.338 e. The average molecular weight is 310 g/mol. The van der Waals surface area contributed by atoms with Crippen molar-refractivity contribution < 1.29 is 4.79 Å². The zero-order valence-corrected chi connectivity index (χ0v) is 12.7. The molecule has 0 aromatic heterocycles. The number of amides is 1. The fourth-order valence-electron chi connectivity index (χ4n) is 2.74. The Labute approximate surface area is 117 Å². The Morgan fingerprint density at radius 1 is 1.33 bits per heavy atom. The Balaban J connectivity index is 2.15. The maximum absolute atomic E-state index is 12.5. The second kappa shape index (κ2) is 5.43. The van der Waals surface area contributed by atoms with Crippen molar-refractivity contribution >= 4 is 21.8 Å². The van der Waals surface area contributed by atoms with Crippen LogP contribution in [-0.4, -0.2) is 23.9 Å². The Morgan fingerprint density at radius 3 is 2.56 bits per heavy atom. The number of hydrogen-bond acceptors (Lipinski definition) is 1. The summed E-state index contributed by atoms with van der Waals surface area (Å²) in [5, 5.41) is 0. The minimum absolute atomic E-state index is 0.159. The molecule has 98 valence electrons. The zero-order chi connectivity index (χ0) is 13.2. The summed E-state index contributed by atoms with van der Waals surface area (Å²) in [6.45, 7) is 6.26. The van der Waals surface area contributed by atoms with Gasteiger partial charge in [0.05, 0.1) is 5.56 Å². The largest absolute Gasteiger partial charge is 0.338 e. The molecule has 1 amide bonds. The summed E-state index contributed by atoms with van der Waals surface area (Å²) < 4.78 is 0.889. The van der Waals surface area contributed by atoms with Crippen molar-refractivity contribution in [1.82, 2.24) is 4.90 Å². The van der Waals surface area contributed by atoms with Gasteiger partial charge in [-0.25, -0.2) is 0 Å². The molecule has 0 saturated carbocycles. The van der Waals surface area contributed by atoms with Gasteiger partial charge in [-0.05, 0) is 52.7 Å². The maximum atomic E-state index is 12.5. The van der Waals surface area contributed by atoms with Gasteiger partial charge in [-0.1, -0.05) is 26.0 Å². The van der Waals surface area contributed by atoms with Crippen LogP contribution < -0.4 is 0 Å². The van der Waals surface area contributed by atoms with E-state index in [1.807, 2.05) is 29.2 Å². The van der Waals surface area contributed by atoms with Crippen molar-refractivity contribution in [2.24, 2.45) is 5.41 Å². The van der Waals surface area contributed by atoms with E-state index in [-0.39, 0.29) is 5.91 Å². The summed E-state index contributed by atoms with van der Waals surface area (Å²) in [4.78, 5) is 14.5. The predicted octanol–water partition coefficient (Wildman–Crippen LogP) is 4.10. The SMILES string of the molecule is CCC1(CC)CCN(C(=O)c2ccccc2Br)C1. The van der Waals surface area contributed by atoms with E-state index in [0.29, 0.717) is 5.41 Å². The smallest absolute Gasteiger partial charge is 0.255 e. The summed E-state index contributed by atoms with van der Waals surface area (Å²) in [7, 11) is 0. The third-order valence-electron chi connectivity index (χ3n) is 4.33. The topological polar surface area (TPSA) is 20.3 Å². The highest BCUT2D eigenvalue weighted by Gasteiger charge is 2.37. The van der Waals surface area contributed by atoms with Crippen LogP contribution in [0, 0.1) is 5.41 Å². The Morgan fingerprint density at radius 2 is 2.00 bits per heavy atom. The lowest BCUT2D eigenvalue weighted by Crippen LogP contribution is -2.32. The van der Waals surface area contributed by atoms with Gasteiger partial charge in [0, 0.05) is 17.6 Å². The molecule has 1 saturated heterocycles. The molecule has 0 radical (unpaired) electrons. The average Bonchev–Trinajstić information content (AvgIpc) is 2.84. The Bertz CT molecular complexity index is 440. The molecule has 0 aliphatic carbocycles. The van der Waals surface area contributed by atoms with E-state index in [1.54, 1.807) is 0 Å². The van der Waals surface area contributed by atoms with Crippen LogP contribution in [0.15, 0.2) is 28.7 Å². The summed E-state index contributed by atoms with van der Waals surface area (Å²) in [6.07, 6.45) is 3.45. The van der Waals surface area contributed by atoms with Crippen molar-refractivity contribution in [2.75, 3.05) is 13.1 Å². The lowest BCUT2D eigenvalue weighted by Gasteiger charge is -2.26. The van der Waals surface area contributed by atoms with E-state index < -0.39 is 0 Å². The molecular formula is C15H20BrNO. The van der Waals surface area contributed by atoms with Crippen molar-refractivity contribution in [3.63, 3.8) is 0 Å². The van der Waals surface area contributed by atoms with Gasteiger partial charge in [-0.3, -0.25) is 4.79 Å². The van der Waals surface area contributed by atoms with Crippen LogP contribution in [0.25, 0.3) is 0 Å². The molecule has 1 aliphatic heterocycles. The molecule has 0 spiro atoms. The fraction of sp³-hybridized carbons (Fsp3) is 0.533. The summed E-state index contributed by atoms with van der Waals surface area (Å²) >= 11 is 3.46. The molecular weight excluding hydrogens is 290 g/mol. The third kappa shape index (κ3) is 2.46. The van der Waals surface area contributed by atoms with Crippen molar-refractivity contribution in [3.8, 4) is 0 Å². The molecule has 1 heterocycles. The third-order valence-corrected chi connectivity index (χ3v) is 5.02. The summed E-state index contributed by atoms with van der Waals surface area (Å²) in [5.74, 6) is 0.159. The number of benzene rings is 1. The molecule has 2 rings (SSSR count). The van der Waals surface area contributed by atoms with Crippen molar-refractivity contribution in [3.05, 3.63) is 34.3 Å². The highest BCUT2D eigenvalue weighted by atomic mass is 79.9. The molecule has 0 unspecified atom stereocenters. The van der Waals surface area contributed by atoms with Crippen LogP contribution in [-0.2, 0) is 0 Å². The first-order valence-corrected chi connectivity index (χ1v) is 7.45. The highest BCUT2D eigenvalue weighted by molar-refractivity contribution is 9.10. The first-order valence-electron chi connectivity index (χ1n) is 6.65. The molecule has 1 aromatic rings. The summed E-state index contributed by atoms with van der Waals surface area (Å²) in [6, 6.07) is 7.68. The second-order valence-electron chi connectivity index (χ2n) is 5.16. The van der Waals surface area contributed by atoms with Gasteiger partial charge in [0.2, 0.25) is 0 Å². The molecule has 1 fully saturated rings. The number of rotatable bonds is 3. The van der Waals surface area contributed by atoms with Crippen LogP contribution in [0.4, 0.5) is 0 Å². The number of carbonyl (C=O) groups is 1. The molecule has 0 bridgehead atoms. The monoisotopic (exact) mass is 309 g/mol. The fourth-order valence-corrected chi connectivity index (χ4v) is 3.19. The molecule has 0 atom stereocenters. The first kappa shape index (κ1) is 13.6.